The van der Waals surface area contributed by atoms with Crippen LogP contribution in [-0.2, 0) is 9.59 Å². The Morgan fingerprint density at radius 3 is 2.67 bits per heavy atom. The Labute approximate surface area is 130 Å². The highest BCUT2D eigenvalue weighted by molar-refractivity contribution is 6.30. The Hall–Kier alpha value is -1.55. The molecule has 1 aliphatic rings. The number of amides is 2. The molecule has 0 spiro atoms. The lowest BCUT2D eigenvalue weighted by molar-refractivity contribution is -0.146. The summed E-state index contributed by atoms with van der Waals surface area (Å²) in [6.07, 6.45) is 0.656. The molecule has 0 radical (unpaired) electrons. The minimum atomic E-state index is -0.423. The van der Waals surface area contributed by atoms with Crippen LogP contribution in [0.15, 0.2) is 24.3 Å². The fraction of sp³-hybridized carbons (Fsp3) is 0.500. The summed E-state index contributed by atoms with van der Waals surface area (Å²) in [6, 6.07) is 6.82. The van der Waals surface area contributed by atoms with Gasteiger partial charge in [0.2, 0.25) is 11.8 Å². The number of nitrogens with one attached hydrogen (secondary N) is 1. The van der Waals surface area contributed by atoms with Gasteiger partial charge in [-0.3, -0.25) is 9.59 Å². The molecule has 0 saturated carbocycles. The molecule has 1 aliphatic heterocycles. The van der Waals surface area contributed by atoms with Crippen molar-refractivity contribution in [3.8, 4) is 0 Å². The molecular formula is C16H21ClN2O2. The van der Waals surface area contributed by atoms with Crippen molar-refractivity contribution in [1.82, 2.24) is 10.2 Å². The number of hydrogen-bond donors (Lipinski definition) is 1. The van der Waals surface area contributed by atoms with Crippen LogP contribution < -0.4 is 5.32 Å². The first kappa shape index (κ1) is 15.8. The predicted molar refractivity (Wildman–Crippen MR) is 83.0 cm³/mol. The molecule has 2 unspecified atom stereocenters. The molecule has 1 fully saturated rings. The predicted octanol–water partition coefficient (Wildman–Crippen LogP) is 2.77. The maximum Gasteiger partial charge on any atom is 0.246 e. The molecule has 1 aromatic carbocycles. The lowest BCUT2D eigenvalue weighted by Crippen LogP contribution is -2.58. The number of carbonyl (C=O) groups excluding carboxylic acids is 2. The van der Waals surface area contributed by atoms with Gasteiger partial charge in [0.25, 0.3) is 0 Å². The fourth-order valence-corrected chi connectivity index (χ4v) is 2.84. The molecule has 5 heteroatoms. The van der Waals surface area contributed by atoms with Gasteiger partial charge >= 0.3 is 0 Å². The molecular weight excluding hydrogens is 288 g/mol. The zero-order chi connectivity index (χ0) is 15.6. The average Bonchev–Trinajstić information content (AvgIpc) is 2.41. The summed E-state index contributed by atoms with van der Waals surface area (Å²) in [6.45, 7) is 6.10. The van der Waals surface area contributed by atoms with Crippen molar-refractivity contribution < 1.29 is 9.59 Å². The molecule has 2 atom stereocenters. The van der Waals surface area contributed by atoms with Gasteiger partial charge in [0.1, 0.15) is 12.6 Å². The van der Waals surface area contributed by atoms with Crippen LogP contribution >= 0.6 is 11.6 Å². The first-order valence-electron chi connectivity index (χ1n) is 7.23. The van der Waals surface area contributed by atoms with E-state index in [1.807, 2.05) is 39.0 Å². The van der Waals surface area contributed by atoms with E-state index >= 15 is 0 Å². The van der Waals surface area contributed by atoms with Gasteiger partial charge in [0.05, 0.1) is 6.04 Å². The van der Waals surface area contributed by atoms with Crippen molar-refractivity contribution in [2.75, 3.05) is 6.54 Å². The Balaban J connectivity index is 2.20. The molecule has 1 aromatic rings. The third-order valence-corrected chi connectivity index (χ3v) is 3.97. The van der Waals surface area contributed by atoms with Crippen LogP contribution in [0.3, 0.4) is 0 Å². The SMILES string of the molecule is CC(C)CC1NC(=O)CN(C(C)c2cccc(Cl)c2)C1=O. The van der Waals surface area contributed by atoms with Crippen LogP contribution in [-0.4, -0.2) is 29.3 Å². The molecule has 21 heavy (non-hydrogen) atoms. The van der Waals surface area contributed by atoms with Crippen LogP contribution in [0.5, 0.6) is 0 Å². The highest BCUT2D eigenvalue weighted by atomic mass is 35.5. The number of hydrogen-bond acceptors (Lipinski definition) is 2. The zero-order valence-corrected chi connectivity index (χ0v) is 13.4. The molecule has 114 valence electrons. The number of nitrogens with zero attached hydrogens (tertiary/aromatic N) is 1. The molecule has 2 amide bonds. The molecule has 1 heterocycles. The van der Waals surface area contributed by atoms with E-state index in [1.54, 1.807) is 11.0 Å². The average molecular weight is 309 g/mol. The molecule has 4 nitrogen and oxygen atoms in total. The lowest BCUT2D eigenvalue weighted by Gasteiger charge is -2.37. The zero-order valence-electron chi connectivity index (χ0n) is 12.6. The van der Waals surface area contributed by atoms with E-state index in [4.69, 9.17) is 11.6 Å². The van der Waals surface area contributed by atoms with Crippen LogP contribution in [0.25, 0.3) is 0 Å². The Morgan fingerprint density at radius 2 is 2.05 bits per heavy atom. The quantitative estimate of drug-likeness (QED) is 0.930. The Kier molecular flexibility index (Phi) is 4.88. The topological polar surface area (TPSA) is 49.4 Å². The van der Waals surface area contributed by atoms with Gasteiger partial charge in [-0.1, -0.05) is 37.6 Å². The van der Waals surface area contributed by atoms with Gasteiger partial charge in [-0.25, -0.2) is 0 Å². The second-order valence-corrected chi connectivity index (χ2v) is 6.38. The maximum absolute atomic E-state index is 12.6. The van der Waals surface area contributed by atoms with Gasteiger partial charge in [-0.2, -0.15) is 0 Å². The minimum absolute atomic E-state index is 0.0178. The van der Waals surface area contributed by atoms with Gasteiger partial charge < -0.3 is 10.2 Å². The first-order valence-corrected chi connectivity index (χ1v) is 7.61. The summed E-state index contributed by atoms with van der Waals surface area (Å²) in [5.74, 6) is 0.227. The van der Waals surface area contributed by atoms with Crippen molar-refractivity contribution >= 4 is 23.4 Å². The Morgan fingerprint density at radius 1 is 1.33 bits per heavy atom. The third kappa shape index (κ3) is 3.76. The summed E-state index contributed by atoms with van der Waals surface area (Å²) >= 11 is 6.01. The van der Waals surface area contributed by atoms with E-state index in [-0.39, 0.29) is 24.4 Å². The van der Waals surface area contributed by atoms with Crippen LogP contribution in [0.1, 0.15) is 38.8 Å². The summed E-state index contributed by atoms with van der Waals surface area (Å²) in [5.41, 5.74) is 0.939. The summed E-state index contributed by atoms with van der Waals surface area (Å²) in [5, 5.41) is 3.42. The largest absolute Gasteiger partial charge is 0.343 e. The standard InChI is InChI=1S/C16H21ClN2O2/c1-10(2)7-14-16(21)19(9-15(20)18-14)11(3)12-5-4-6-13(17)8-12/h4-6,8,10-11,14H,7,9H2,1-3H3,(H,18,20). The smallest absolute Gasteiger partial charge is 0.246 e. The highest BCUT2D eigenvalue weighted by Gasteiger charge is 2.35. The number of carbonyl (C=O) groups is 2. The lowest BCUT2D eigenvalue weighted by atomic mass is 9.98. The molecule has 0 aromatic heterocycles. The van der Waals surface area contributed by atoms with Gasteiger partial charge in [0.15, 0.2) is 0 Å². The van der Waals surface area contributed by atoms with Crippen molar-refractivity contribution in [3.05, 3.63) is 34.9 Å². The second kappa shape index (κ2) is 6.48. The van der Waals surface area contributed by atoms with Crippen molar-refractivity contribution in [3.63, 3.8) is 0 Å². The first-order chi connectivity index (χ1) is 9.88. The highest BCUT2D eigenvalue weighted by Crippen LogP contribution is 2.25. The third-order valence-electron chi connectivity index (χ3n) is 3.74. The van der Waals surface area contributed by atoms with Crippen molar-refractivity contribution in [1.29, 1.82) is 0 Å². The van der Waals surface area contributed by atoms with E-state index in [0.717, 1.165) is 5.56 Å². The number of benzene rings is 1. The van der Waals surface area contributed by atoms with Gasteiger partial charge in [0, 0.05) is 5.02 Å². The van der Waals surface area contributed by atoms with E-state index in [2.05, 4.69) is 5.32 Å². The minimum Gasteiger partial charge on any atom is -0.343 e. The van der Waals surface area contributed by atoms with Crippen LogP contribution in [0.4, 0.5) is 0 Å². The second-order valence-electron chi connectivity index (χ2n) is 5.95. The Bertz CT molecular complexity index is 545. The summed E-state index contributed by atoms with van der Waals surface area (Å²) in [4.78, 5) is 26.1. The molecule has 1 saturated heterocycles. The summed E-state index contributed by atoms with van der Waals surface area (Å²) < 4.78 is 0. The van der Waals surface area contributed by atoms with E-state index < -0.39 is 6.04 Å². The molecule has 2 rings (SSSR count). The molecule has 0 bridgehead atoms. The van der Waals surface area contributed by atoms with Crippen LogP contribution in [0.2, 0.25) is 5.02 Å². The monoisotopic (exact) mass is 308 g/mol. The maximum atomic E-state index is 12.6. The normalized spacial score (nSPS) is 20.6. The van der Waals surface area contributed by atoms with Crippen molar-refractivity contribution in [2.45, 2.75) is 39.3 Å². The molecule has 0 aliphatic carbocycles. The van der Waals surface area contributed by atoms with Crippen molar-refractivity contribution in [2.24, 2.45) is 5.92 Å². The van der Waals surface area contributed by atoms with E-state index in [0.29, 0.717) is 17.4 Å². The van der Waals surface area contributed by atoms with E-state index in [1.165, 1.54) is 0 Å². The molecule has 1 N–H and O–H groups in total. The number of piperazine rings is 1. The van der Waals surface area contributed by atoms with Crippen LogP contribution in [0, 0.1) is 5.92 Å². The fourth-order valence-electron chi connectivity index (χ4n) is 2.64. The van der Waals surface area contributed by atoms with E-state index in [9.17, 15) is 9.59 Å². The number of rotatable bonds is 4. The van der Waals surface area contributed by atoms with Gasteiger partial charge in [-0.15, -0.1) is 0 Å². The summed E-state index contributed by atoms with van der Waals surface area (Å²) in [7, 11) is 0. The van der Waals surface area contributed by atoms with Gasteiger partial charge in [-0.05, 0) is 37.0 Å². The number of halogens is 1.